The highest BCUT2D eigenvalue weighted by atomic mass is 16.5. The van der Waals surface area contributed by atoms with E-state index in [1.807, 2.05) is 12.4 Å². The fourth-order valence-corrected chi connectivity index (χ4v) is 3.16. The summed E-state index contributed by atoms with van der Waals surface area (Å²) in [5.74, 6) is 2.31. The molecule has 2 rings (SSSR count). The maximum absolute atomic E-state index is 5.72. The van der Waals surface area contributed by atoms with Crippen LogP contribution < -0.4 is 10.1 Å². The van der Waals surface area contributed by atoms with Crippen molar-refractivity contribution in [3.05, 3.63) is 24.0 Å². The molecule has 0 saturated heterocycles. The molecule has 0 radical (unpaired) electrons. The van der Waals surface area contributed by atoms with Gasteiger partial charge < -0.3 is 10.1 Å². The van der Waals surface area contributed by atoms with E-state index in [0.717, 1.165) is 37.8 Å². The quantitative estimate of drug-likeness (QED) is 0.823. The molecular weight excluding hydrogens is 248 g/mol. The summed E-state index contributed by atoms with van der Waals surface area (Å²) in [6, 6.07) is 2.21. The first kappa shape index (κ1) is 15.3. The molecule has 1 aliphatic carbocycles. The Morgan fingerprint density at radius 2 is 2.10 bits per heavy atom. The standard InChI is InChI=1S/C17H28N2O/c1-3-9-20-16-10-15(12-19-13-16)17-8-6-5-7-14(17)11-18-4-2/h10,12-14,17-18H,3-9,11H2,1-2H3. The molecule has 0 spiro atoms. The van der Waals surface area contributed by atoms with Crippen molar-refractivity contribution in [2.75, 3.05) is 19.7 Å². The van der Waals surface area contributed by atoms with Gasteiger partial charge in [0.2, 0.25) is 0 Å². The minimum Gasteiger partial charge on any atom is -0.492 e. The van der Waals surface area contributed by atoms with Crippen LogP contribution in [-0.4, -0.2) is 24.7 Å². The van der Waals surface area contributed by atoms with Crippen LogP contribution in [0.3, 0.4) is 0 Å². The number of ether oxygens (including phenoxy) is 1. The van der Waals surface area contributed by atoms with Crippen molar-refractivity contribution >= 4 is 0 Å². The van der Waals surface area contributed by atoms with Crippen molar-refractivity contribution in [1.29, 1.82) is 0 Å². The van der Waals surface area contributed by atoms with Gasteiger partial charge in [-0.2, -0.15) is 0 Å². The Hall–Kier alpha value is -1.09. The molecule has 1 aromatic heterocycles. The summed E-state index contributed by atoms with van der Waals surface area (Å²) in [5, 5.41) is 3.51. The highest BCUT2D eigenvalue weighted by Crippen LogP contribution is 2.38. The third-order valence-electron chi connectivity index (χ3n) is 4.20. The van der Waals surface area contributed by atoms with E-state index in [-0.39, 0.29) is 0 Å². The zero-order valence-corrected chi connectivity index (χ0v) is 12.9. The van der Waals surface area contributed by atoms with Crippen LogP contribution >= 0.6 is 0 Å². The fraction of sp³-hybridized carbons (Fsp3) is 0.706. The van der Waals surface area contributed by atoms with Gasteiger partial charge in [0.1, 0.15) is 5.75 Å². The lowest BCUT2D eigenvalue weighted by atomic mass is 9.76. The minimum absolute atomic E-state index is 0.639. The van der Waals surface area contributed by atoms with Crippen LogP contribution in [0.15, 0.2) is 18.5 Å². The molecule has 2 atom stereocenters. The van der Waals surface area contributed by atoms with Crippen molar-refractivity contribution < 1.29 is 4.74 Å². The first-order valence-corrected chi connectivity index (χ1v) is 8.13. The van der Waals surface area contributed by atoms with E-state index >= 15 is 0 Å². The summed E-state index contributed by atoms with van der Waals surface area (Å²) < 4.78 is 5.72. The summed E-state index contributed by atoms with van der Waals surface area (Å²) in [7, 11) is 0. The molecule has 0 bridgehead atoms. The number of rotatable bonds is 7. The first-order valence-electron chi connectivity index (χ1n) is 8.13. The van der Waals surface area contributed by atoms with Gasteiger partial charge in [-0.1, -0.05) is 26.7 Å². The largest absolute Gasteiger partial charge is 0.492 e. The van der Waals surface area contributed by atoms with E-state index in [9.17, 15) is 0 Å². The number of pyridine rings is 1. The lowest BCUT2D eigenvalue weighted by Crippen LogP contribution is -2.29. The summed E-state index contributed by atoms with van der Waals surface area (Å²) in [6.07, 6.45) is 10.2. The van der Waals surface area contributed by atoms with Gasteiger partial charge in [-0.25, -0.2) is 0 Å². The molecular formula is C17H28N2O. The Morgan fingerprint density at radius 1 is 1.25 bits per heavy atom. The molecule has 1 N–H and O–H groups in total. The van der Waals surface area contributed by atoms with E-state index in [1.54, 1.807) is 0 Å². The lowest BCUT2D eigenvalue weighted by molar-refractivity contribution is 0.292. The van der Waals surface area contributed by atoms with Gasteiger partial charge in [0.05, 0.1) is 12.8 Å². The third kappa shape index (κ3) is 4.20. The van der Waals surface area contributed by atoms with E-state index in [4.69, 9.17) is 4.74 Å². The van der Waals surface area contributed by atoms with Gasteiger partial charge >= 0.3 is 0 Å². The molecule has 1 saturated carbocycles. The second-order valence-electron chi connectivity index (χ2n) is 5.76. The van der Waals surface area contributed by atoms with Crippen molar-refractivity contribution in [3.63, 3.8) is 0 Å². The van der Waals surface area contributed by atoms with Crippen LogP contribution in [0, 0.1) is 5.92 Å². The zero-order valence-electron chi connectivity index (χ0n) is 12.9. The molecule has 20 heavy (non-hydrogen) atoms. The van der Waals surface area contributed by atoms with Crippen molar-refractivity contribution in [3.8, 4) is 5.75 Å². The Labute approximate surface area is 123 Å². The number of nitrogens with one attached hydrogen (secondary N) is 1. The first-order chi connectivity index (χ1) is 9.85. The molecule has 3 heteroatoms. The molecule has 0 amide bonds. The molecule has 1 heterocycles. The predicted molar refractivity (Wildman–Crippen MR) is 83.3 cm³/mol. The van der Waals surface area contributed by atoms with Crippen molar-refractivity contribution in [1.82, 2.24) is 10.3 Å². The molecule has 3 nitrogen and oxygen atoms in total. The van der Waals surface area contributed by atoms with Crippen LogP contribution in [0.1, 0.15) is 57.4 Å². The summed E-state index contributed by atoms with van der Waals surface area (Å²) in [4.78, 5) is 4.38. The smallest absolute Gasteiger partial charge is 0.137 e. The normalized spacial score (nSPS) is 22.7. The fourth-order valence-electron chi connectivity index (χ4n) is 3.16. The average Bonchev–Trinajstić information content (AvgIpc) is 2.51. The molecule has 0 aliphatic heterocycles. The minimum atomic E-state index is 0.639. The maximum Gasteiger partial charge on any atom is 0.137 e. The molecule has 112 valence electrons. The van der Waals surface area contributed by atoms with Crippen LogP contribution in [0.4, 0.5) is 0 Å². The monoisotopic (exact) mass is 276 g/mol. The number of hydrogen-bond acceptors (Lipinski definition) is 3. The van der Waals surface area contributed by atoms with Crippen LogP contribution in [0.25, 0.3) is 0 Å². The summed E-state index contributed by atoms with van der Waals surface area (Å²) >= 11 is 0. The number of aromatic nitrogens is 1. The number of hydrogen-bond donors (Lipinski definition) is 1. The Morgan fingerprint density at radius 3 is 2.90 bits per heavy atom. The zero-order chi connectivity index (χ0) is 14.2. The Balaban J connectivity index is 2.06. The molecule has 0 aromatic carbocycles. The van der Waals surface area contributed by atoms with Gasteiger partial charge in [0.25, 0.3) is 0 Å². The highest BCUT2D eigenvalue weighted by Gasteiger charge is 2.26. The van der Waals surface area contributed by atoms with Crippen molar-refractivity contribution in [2.24, 2.45) is 5.92 Å². The third-order valence-corrected chi connectivity index (χ3v) is 4.20. The maximum atomic E-state index is 5.72. The number of nitrogens with zero attached hydrogens (tertiary/aromatic N) is 1. The average molecular weight is 276 g/mol. The Bertz CT molecular complexity index is 394. The lowest BCUT2D eigenvalue weighted by Gasteiger charge is -2.32. The Kier molecular flexibility index (Phi) is 6.31. The molecule has 1 fully saturated rings. The van der Waals surface area contributed by atoms with Gasteiger partial charge in [-0.15, -0.1) is 0 Å². The van der Waals surface area contributed by atoms with Crippen LogP contribution in [0.2, 0.25) is 0 Å². The molecule has 1 aliphatic rings. The highest BCUT2D eigenvalue weighted by molar-refractivity contribution is 5.27. The van der Waals surface area contributed by atoms with E-state index in [1.165, 1.54) is 31.2 Å². The van der Waals surface area contributed by atoms with E-state index in [2.05, 4.69) is 30.2 Å². The van der Waals surface area contributed by atoms with E-state index in [0.29, 0.717) is 5.92 Å². The van der Waals surface area contributed by atoms with Gasteiger partial charge in [-0.3, -0.25) is 4.98 Å². The van der Waals surface area contributed by atoms with Gasteiger partial charge in [0.15, 0.2) is 0 Å². The topological polar surface area (TPSA) is 34.1 Å². The predicted octanol–water partition coefficient (Wildman–Crippen LogP) is 3.75. The van der Waals surface area contributed by atoms with Crippen molar-refractivity contribution in [2.45, 2.75) is 51.9 Å². The second-order valence-corrected chi connectivity index (χ2v) is 5.76. The van der Waals surface area contributed by atoms with E-state index < -0.39 is 0 Å². The van der Waals surface area contributed by atoms with Gasteiger partial charge in [0, 0.05) is 6.20 Å². The van der Waals surface area contributed by atoms with Gasteiger partial charge in [-0.05, 0) is 55.8 Å². The van der Waals surface area contributed by atoms with Crippen LogP contribution in [0.5, 0.6) is 5.75 Å². The SMILES string of the molecule is CCCOc1cncc(C2CCCCC2CNCC)c1. The van der Waals surface area contributed by atoms with Crippen LogP contribution in [-0.2, 0) is 0 Å². The summed E-state index contributed by atoms with van der Waals surface area (Å²) in [6.45, 7) is 7.27. The molecule has 1 aromatic rings. The second kappa shape index (κ2) is 8.25. The summed E-state index contributed by atoms with van der Waals surface area (Å²) in [5.41, 5.74) is 1.36. The molecule has 2 unspecified atom stereocenters.